The summed E-state index contributed by atoms with van der Waals surface area (Å²) in [5.41, 5.74) is 0.149. The molecule has 1 N–H and O–H groups in total. The molecule has 7 nitrogen and oxygen atoms in total. The number of ether oxygens (including phenoxy) is 1. The van der Waals surface area contributed by atoms with Crippen molar-refractivity contribution in [1.29, 1.82) is 5.26 Å². The second kappa shape index (κ2) is 6.67. The van der Waals surface area contributed by atoms with Gasteiger partial charge in [-0.25, -0.2) is 4.79 Å². The van der Waals surface area contributed by atoms with Crippen LogP contribution in [0.25, 0.3) is 0 Å². The molecular weight excluding hydrogens is 298 g/mol. The van der Waals surface area contributed by atoms with Crippen molar-refractivity contribution in [2.45, 2.75) is 38.8 Å². The molecule has 7 heteroatoms. The normalized spacial score (nSPS) is 12.7. The van der Waals surface area contributed by atoms with Crippen LogP contribution in [0.2, 0.25) is 0 Å². The number of nitrogens with zero attached hydrogens (tertiary/aromatic N) is 3. The van der Waals surface area contributed by atoms with Crippen molar-refractivity contribution in [2.24, 2.45) is 0 Å². The van der Waals surface area contributed by atoms with Crippen molar-refractivity contribution < 1.29 is 14.3 Å². The predicted octanol–water partition coefficient (Wildman–Crippen LogP) is 1.45. The lowest BCUT2D eigenvalue weighted by Crippen LogP contribution is -2.29. The molecule has 0 amide bonds. The average molecular weight is 317 g/mol. The Morgan fingerprint density at radius 3 is 2.57 bits per heavy atom. The Labute approximate surface area is 133 Å². The molecule has 0 saturated heterocycles. The molecule has 0 bridgehead atoms. The van der Waals surface area contributed by atoms with Gasteiger partial charge in [0, 0.05) is 5.41 Å². The highest BCUT2D eigenvalue weighted by molar-refractivity contribution is 5.34. The quantitative estimate of drug-likeness (QED) is 0.895. The third-order valence-electron chi connectivity index (χ3n) is 3.06. The molecule has 0 aliphatic carbocycles. The zero-order valence-corrected chi connectivity index (χ0v) is 13.3. The fraction of sp³-hybridized carbons (Fsp3) is 0.438. The molecule has 2 rings (SSSR count). The number of rotatable bonds is 5. The van der Waals surface area contributed by atoms with E-state index in [0.29, 0.717) is 17.2 Å². The highest BCUT2D eigenvalue weighted by Gasteiger charge is 2.23. The molecule has 0 radical (unpaired) electrons. The van der Waals surface area contributed by atoms with Gasteiger partial charge in [-0.15, -0.1) is 5.10 Å². The van der Waals surface area contributed by atoms with Crippen LogP contribution in [0.1, 0.15) is 32.2 Å². The summed E-state index contributed by atoms with van der Waals surface area (Å²) in [6.45, 7) is 5.62. The van der Waals surface area contributed by atoms with Crippen molar-refractivity contribution >= 4 is 0 Å². The van der Waals surface area contributed by atoms with Gasteiger partial charge in [-0.2, -0.15) is 9.94 Å². The first kappa shape index (κ1) is 16.8. The van der Waals surface area contributed by atoms with E-state index < -0.39 is 11.9 Å². The van der Waals surface area contributed by atoms with E-state index in [2.05, 4.69) is 5.10 Å². The van der Waals surface area contributed by atoms with Crippen LogP contribution in [0.3, 0.4) is 0 Å². The highest BCUT2D eigenvalue weighted by atomic mass is 16.5. The Morgan fingerprint density at radius 2 is 2.04 bits per heavy atom. The molecule has 1 heterocycles. The molecule has 2 aromatic rings. The zero-order valence-electron chi connectivity index (χ0n) is 13.3. The van der Waals surface area contributed by atoms with Crippen molar-refractivity contribution in [1.82, 2.24) is 9.78 Å². The fourth-order valence-corrected chi connectivity index (χ4v) is 1.80. The minimum Gasteiger partial charge on any atom is -0.491 e. The lowest BCUT2D eigenvalue weighted by molar-refractivity contribution is 0.0875. The fourth-order valence-electron chi connectivity index (χ4n) is 1.80. The molecule has 0 aliphatic rings. The number of aromatic nitrogens is 2. The Morgan fingerprint density at radius 1 is 1.39 bits per heavy atom. The summed E-state index contributed by atoms with van der Waals surface area (Å²) >= 11 is 0. The molecule has 1 aromatic heterocycles. The van der Waals surface area contributed by atoms with Gasteiger partial charge in [0.15, 0.2) is 0 Å². The predicted molar refractivity (Wildman–Crippen MR) is 82.1 cm³/mol. The van der Waals surface area contributed by atoms with Crippen LogP contribution in [-0.4, -0.2) is 27.6 Å². The van der Waals surface area contributed by atoms with Crippen molar-refractivity contribution in [2.75, 3.05) is 6.61 Å². The van der Waals surface area contributed by atoms with Crippen LogP contribution >= 0.6 is 0 Å². The van der Waals surface area contributed by atoms with E-state index >= 15 is 0 Å². The minimum absolute atomic E-state index is 0.00392. The van der Waals surface area contributed by atoms with Gasteiger partial charge in [0.25, 0.3) is 0 Å². The Bertz CT molecular complexity index is 747. The van der Waals surface area contributed by atoms with Gasteiger partial charge in [-0.05, 0) is 24.3 Å². The summed E-state index contributed by atoms with van der Waals surface area (Å²) < 4.78 is 11.6. The maximum absolute atomic E-state index is 11.7. The number of benzene rings is 1. The SMILES string of the molecule is CC(C)(C)c1nn(CC(O)COc2ccc(C#N)cc2)c(=O)o1. The second-order valence-corrected chi connectivity index (χ2v) is 6.21. The molecular formula is C16H19N3O4. The van der Waals surface area contributed by atoms with Crippen LogP contribution in [0.4, 0.5) is 0 Å². The minimum atomic E-state index is -0.915. The van der Waals surface area contributed by atoms with Gasteiger partial charge in [0.05, 0.1) is 18.2 Å². The number of hydrogen-bond acceptors (Lipinski definition) is 6. The van der Waals surface area contributed by atoms with Gasteiger partial charge >= 0.3 is 5.76 Å². The highest BCUT2D eigenvalue weighted by Crippen LogP contribution is 2.18. The van der Waals surface area contributed by atoms with Gasteiger partial charge in [0.1, 0.15) is 18.5 Å². The lowest BCUT2D eigenvalue weighted by atomic mass is 9.97. The standard InChI is InChI=1S/C16H19N3O4/c1-16(2,3)14-18-19(15(21)23-14)9-12(20)10-22-13-6-4-11(8-17)5-7-13/h4-7,12,20H,9-10H2,1-3H3. The smallest absolute Gasteiger partial charge is 0.437 e. The third-order valence-corrected chi connectivity index (χ3v) is 3.06. The summed E-state index contributed by atoms with van der Waals surface area (Å²) in [5, 5.41) is 22.8. The van der Waals surface area contributed by atoms with Crippen LogP contribution < -0.4 is 10.5 Å². The van der Waals surface area contributed by atoms with Gasteiger partial charge in [-0.3, -0.25) is 0 Å². The molecule has 1 atom stereocenters. The van der Waals surface area contributed by atoms with E-state index in [0.717, 1.165) is 4.68 Å². The number of hydrogen-bond donors (Lipinski definition) is 1. The van der Waals surface area contributed by atoms with E-state index in [1.807, 2.05) is 26.8 Å². The number of aliphatic hydroxyl groups is 1. The molecule has 23 heavy (non-hydrogen) atoms. The van der Waals surface area contributed by atoms with Crippen molar-refractivity contribution in [3.05, 3.63) is 46.3 Å². The lowest BCUT2D eigenvalue weighted by Gasteiger charge is -2.12. The molecule has 0 aliphatic heterocycles. The molecule has 122 valence electrons. The Hall–Kier alpha value is -2.59. The summed E-state index contributed by atoms with van der Waals surface area (Å²) in [5.74, 6) is 0.251. The maximum Gasteiger partial charge on any atom is 0.437 e. The first-order valence-corrected chi connectivity index (χ1v) is 7.19. The summed E-state index contributed by atoms with van der Waals surface area (Å²) in [4.78, 5) is 11.7. The first-order valence-electron chi connectivity index (χ1n) is 7.19. The van der Waals surface area contributed by atoms with Gasteiger partial charge < -0.3 is 14.3 Å². The Balaban J connectivity index is 1.94. The molecule has 0 saturated carbocycles. The van der Waals surface area contributed by atoms with Crippen LogP contribution in [-0.2, 0) is 12.0 Å². The third kappa shape index (κ3) is 4.44. The van der Waals surface area contributed by atoms with E-state index in [-0.39, 0.29) is 18.6 Å². The van der Waals surface area contributed by atoms with Gasteiger partial charge in [-0.1, -0.05) is 20.8 Å². The van der Waals surface area contributed by atoms with E-state index in [9.17, 15) is 9.90 Å². The first-order chi connectivity index (χ1) is 10.8. The second-order valence-electron chi connectivity index (χ2n) is 6.21. The van der Waals surface area contributed by atoms with E-state index in [4.69, 9.17) is 14.4 Å². The van der Waals surface area contributed by atoms with E-state index in [1.54, 1.807) is 24.3 Å². The largest absolute Gasteiger partial charge is 0.491 e. The number of nitriles is 1. The average Bonchev–Trinajstić information content (AvgIpc) is 2.87. The monoisotopic (exact) mass is 317 g/mol. The summed E-state index contributed by atoms with van der Waals surface area (Å²) in [6.07, 6.45) is -0.915. The summed E-state index contributed by atoms with van der Waals surface area (Å²) in [7, 11) is 0. The number of aliphatic hydroxyl groups excluding tert-OH is 1. The van der Waals surface area contributed by atoms with Crippen LogP contribution in [0.15, 0.2) is 33.5 Å². The van der Waals surface area contributed by atoms with Gasteiger partial charge in [0.2, 0.25) is 5.89 Å². The summed E-state index contributed by atoms with van der Waals surface area (Å²) in [6, 6.07) is 8.55. The topological polar surface area (TPSA) is 101 Å². The van der Waals surface area contributed by atoms with E-state index in [1.165, 1.54) is 0 Å². The molecule has 0 spiro atoms. The molecule has 1 aromatic carbocycles. The molecule has 1 unspecified atom stereocenters. The Kier molecular flexibility index (Phi) is 4.86. The van der Waals surface area contributed by atoms with Crippen molar-refractivity contribution in [3.8, 4) is 11.8 Å². The molecule has 0 fully saturated rings. The van der Waals surface area contributed by atoms with Crippen LogP contribution in [0, 0.1) is 11.3 Å². The zero-order chi connectivity index (χ0) is 17.0. The van der Waals surface area contributed by atoms with Crippen molar-refractivity contribution in [3.63, 3.8) is 0 Å². The maximum atomic E-state index is 11.7. The van der Waals surface area contributed by atoms with Crippen LogP contribution in [0.5, 0.6) is 5.75 Å².